The molecule has 2 aromatic rings. The summed E-state index contributed by atoms with van der Waals surface area (Å²) in [6, 6.07) is 8.16. The van der Waals surface area contributed by atoms with Gasteiger partial charge < -0.3 is 0 Å². The highest BCUT2D eigenvalue weighted by atomic mass is 16.1. The number of aromatic nitrogens is 1. The number of carbonyl (C=O) groups excluding carboxylic acids is 1. The van der Waals surface area contributed by atoms with E-state index in [0.717, 1.165) is 11.1 Å². The van der Waals surface area contributed by atoms with Gasteiger partial charge in [-0.05, 0) is 43.5 Å². The molecular weight excluding hydrogens is 210 g/mol. The molecule has 17 heavy (non-hydrogen) atoms. The smallest absolute Gasteiger partial charge is 0.161 e. The van der Waals surface area contributed by atoms with Crippen LogP contribution < -0.4 is 0 Å². The van der Waals surface area contributed by atoms with Gasteiger partial charge in [-0.25, -0.2) is 0 Å². The molecule has 0 aliphatic heterocycles. The number of hydrogen-bond acceptors (Lipinski definition) is 2. The van der Waals surface area contributed by atoms with Crippen molar-refractivity contribution in [3.63, 3.8) is 0 Å². The summed E-state index contributed by atoms with van der Waals surface area (Å²) in [6.45, 7) is 5.73. The van der Waals surface area contributed by atoms with Crippen molar-refractivity contribution in [1.29, 1.82) is 0 Å². The molecule has 2 rings (SSSR count). The highest BCUT2D eigenvalue weighted by Gasteiger charge is 2.04. The van der Waals surface area contributed by atoms with E-state index >= 15 is 0 Å². The van der Waals surface area contributed by atoms with Crippen molar-refractivity contribution in [3.8, 4) is 11.1 Å². The van der Waals surface area contributed by atoms with Gasteiger partial charge >= 0.3 is 0 Å². The van der Waals surface area contributed by atoms with Crippen LogP contribution in [0.2, 0.25) is 0 Å². The monoisotopic (exact) mass is 225 g/mol. The van der Waals surface area contributed by atoms with Crippen molar-refractivity contribution in [2.24, 2.45) is 0 Å². The molecule has 0 N–H and O–H groups in total. The first-order chi connectivity index (χ1) is 8.08. The summed E-state index contributed by atoms with van der Waals surface area (Å²) in [5.74, 6) is 0.0446. The Kier molecular flexibility index (Phi) is 3.05. The summed E-state index contributed by atoms with van der Waals surface area (Å²) in [7, 11) is 0. The Balaban J connectivity index is 2.49. The molecule has 1 heterocycles. The third-order valence-corrected chi connectivity index (χ3v) is 2.99. The second-order valence-corrected chi connectivity index (χ2v) is 4.32. The molecule has 0 bridgehead atoms. The number of nitrogens with zero attached hydrogens (tertiary/aromatic N) is 1. The van der Waals surface area contributed by atoms with Crippen LogP contribution in [0.15, 0.2) is 36.7 Å². The third-order valence-electron chi connectivity index (χ3n) is 2.99. The predicted octanol–water partition coefficient (Wildman–Crippen LogP) is 3.57. The SMILES string of the molecule is CC(=O)c1cncc(-c2ccc(C)c(C)c2)c1. The van der Waals surface area contributed by atoms with Crippen molar-refractivity contribution >= 4 is 5.78 Å². The molecule has 0 saturated heterocycles. The van der Waals surface area contributed by atoms with Gasteiger partial charge in [0.1, 0.15) is 0 Å². The molecule has 0 atom stereocenters. The van der Waals surface area contributed by atoms with E-state index in [2.05, 4.69) is 37.0 Å². The number of benzene rings is 1. The van der Waals surface area contributed by atoms with Crippen molar-refractivity contribution in [3.05, 3.63) is 53.3 Å². The standard InChI is InChI=1S/C15H15NO/c1-10-4-5-13(6-11(10)2)15-7-14(12(3)17)8-16-9-15/h4-9H,1-3H3. The number of aryl methyl sites for hydroxylation is 2. The largest absolute Gasteiger partial charge is 0.294 e. The van der Waals surface area contributed by atoms with Crippen LogP contribution in [-0.2, 0) is 0 Å². The molecule has 2 nitrogen and oxygen atoms in total. The summed E-state index contributed by atoms with van der Waals surface area (Å²) in [4.78, 5) is 15.4. The zero-order valence-electron chi connectivity index (χ0n) is 10.3. The quantitative estimate of drug-likeness (QED) is 0.731. The Morgan fingerprint density at radius 3 is 2.41 bits per heavy atom. The first kappa shape index (κ1) is 11.5. The Hall–Kier alpha value is -1.96. The molecule has 0 amide bonds. The summed E-state index contributed by atoms with van der Waals surface area (Å²) >= 11 is 0. The maximum absolute atomic E-state index is 11.3. The first-order valence-electron chi connectivity index (χ1n) is 5.61. The van der Waals surface area contributed by atoms with Crippen molar-refractivity contribution < 1.29 is 4.79 Å². The van der Waals surface area contributed by atoms with Gasteiger partial charge in [-0.15, -0.1) is 0 Å². The Labute approximate surface area is 101 Å². The zero-order chi connectivity index (χ0) is 12.4. The van der Waals surface area contributed by atoms with E-state index in [1.807, 2.05) is 6.07 Å². The molecule has 0 radical (unpaired) electrons. The average Bonchev–Trinajstić information content (AvgIpc) is 2.33. The first-order valence-corrected chi connectivity index (χ1v) is 5.61. The molecule has 0 fully saturated rings. The van der Waals surface area contributed by atoms with Crippen LogP contribution >= 0.6 is 0 Å². The van der Waals surface area contributed by atoms with E-state index in [-0.39, 0.29) is 5.78 Å². The molecule has 0 unspecified atom stereocenters. The van der Waals surface area contributed by atoms with E-state index in [0.29, 0.717) is 5.56 Å². The molecular formula is C15H15NO. The summed E-state index contributed by atoms with van der Waals surface area (Å²) in [6.07, 6.45) is 3.39. The Morgan fingerprint density at radius 2 is 1.76 bits per heavy atom. The normalized spacial score (nSPS) is 10.3. The average molecular weight is 225 g/mol. The maximum Gasteiger partial charge on any atom is 0.161 e. The van der Waals surface area contributed by atoms with Crippen molar-refractivity contribution in [2.75, 3.05) is 0 Å². The molecule has 0 saturated carbocycles. The van der Waals surface area contributed by atoms with Gasteiger partial charge in [-0.2, -0.15) is 0 Å². The fraction of sp³-hybridized carbons (Fsp3) is 0.200. The number of rotatable bonds is 2. The minimum Gasteiger partial charge on any atom is -0.294 e. The lowest BCUT2D eigenvalue weighted by atomic mass is 10.0. The van der Waals surface area contributed by atoms with E-state index in [4.69, 9.17) is 0 Å². The minimum atomic E-state index is 0.0446. The Bertz CT molecular complexity index is 573. The molecule has 0 spiro atoms. The molecule has 0 aliphatic carbocycles. The molecule has 2 heteroatoms. The van der Waals surface area contributed by atoms with Crippen LogP contribution in [0.1, 0.15) is 28.4 Å². The van der Waals surface area contributed by atoms with E-state index in [1.165, 1.54) is 11.1 Å². The van der Waals surface area contributed by atoms with Crippen LogP contribution in [0.3, 0.4) is 0 Å². The Morgan fingerprint density at radius 1 is 1.00 bits per heavy atom. The van der Waals surface area contributed by atoms with Crippen LogP contribution in [0.4, 0.5) is 0 Å². The number of Topliss-reactive ketones (excluding diaryl/α,β-unsaturated/α-hetero) is 1. The molecule has 1 aromatic carbocycles. The second kappa shape index (κ2) is 4.50. The van der Waals surface area contributed by atoms with E-state index < -0.39 is 0 Å². The lowest BCUT2D eigenvalue weighted by Crippen LogP contribution is -1.94. The topological polar surface area (TPSA) is 30.0 Å². The second-order valence-electron chi connectivity index (χ2n) is 4.32. The molecule has 1 aromatic heterocycles. The van der Waals surface area contributed by atoms with Gasteiger partial charge in [-0.1, -0.05) is 18.2 Å². The van der Waals surface area contributed by atoms with Gasteiger partial charge in [0.05, 0.1) is 0 Å². The number of ketones is 1. The molecule has 86 valence electrons. The fourth-order valence-corrected chi connectivity index (χ4v) is 1.71. The van der Waals surface area contributed by atoms with Crippen LogP contribution in [0.25, 0.3) is 11.1 Å². The summed E-state index contributed by atoms with van der Waals surface area (Å²) < 4.78 is 0. The van der Waals surface area contributed by atoms with Gasteiger partial charge in [0, 0.05) is 23.5 Å². The zero-order valence-corrected chi connectivity index (χ0v) is 10.3. The van der Waals surface area contributed by atoms with Gasteiger partial charge in [0.2, 0.25) is 0 Å². The number of hydrogen-bond donors (Lipinski definition) is 0. The van der Waals surface area contributed by atoms with Crippen LogP contribution in [0, 0.1) is 13.8 Å². The summed E-state index contributed by atoms with van der Waals surface area (Å²) in [5, 5.41) is 0. The lowest BCUT2D eigenvalue weighted by molar-refractivity contribution is 0.101. The third kappa shape index (κ3) is 2.41. The predicted molar refractivity (Wildman–Crippen MR) is 69.2 cm³/mol. The maximum atomic E-state index is 11.3. The highest BCUT2D eigenvalue weighted by molar-refractivity contribution is 5.94. The number of pyridine rings is 1. The van der Waals surface area contributed by atoms with Gasteiger partial charge in [-0.3, -0.25) is 9.78 Å². The van der Waals surface area contributed by atoms with Gasteiger partial charge in [0.15, 0.2) is 5.78 Å². The van der Waals surface area contributed by atoms with Crippen molar-refractivity contribution in [2.45, 2.75) is 20.8 Å². The van der Waals surface area contributed by atoms with Crippen molar-refractivity contribution in [1.82, 2.24) is 4.98 Å². The van der Waals surface area contributed by atoms with Crippen LogP contribution in [-0.4, -0.2) is 10.8 Å². The van der Waals surface area contributed by atoms with Gasteiger partial charge in [0.25, 0.3) is 0 Å². The minimum absolute atomic E-state index is 0.0446. The number of carbonyl (C=O) groups is 1. The van der Waals surface area contributed by atoms with Crippen LogP contribution in [0.5, 0.6) is 0 Å². The fourth-order valence-electron chi connectivity index (χ4n) is 1.71. The molecule has 0 aliphatic rings. The van der Waals surface area contributed by atoms with E-state index in [1.54, 1.807) is 19.3 Å². The summed E-state index contributed by atoms with van der Waals surface area (Å²) in [5.41, 5.74) is 5.25. The highest BCUT2D eigenvalue weighted by Crippen LogP contribution is 2.22. The van der Waals surface area contributed by atoms with E-state index in [9.17, 15) is 4.79 Å². The lowest BCUT2D eigenvalue weighted by Gasteiger charge is -2.06.